The second kappa shape index (κ2) is 6.45. The van der Waals surface area contributed by atoms with Gasteiger partial charge in [-0.2, -0.15) is 5.10 Å². The van der Waals surface area contributed by atoms with Crippen molar-refractivity contribution >= 4 is 17.3 Å². The molecule has 0 aliphatic carbocycles. The predicted molar refractivity (Wildman–Crippen MR) is 97.1 cm³/mol. The maximum atomic E-state index is 9.38. The number of hydrogen-bond donors (Lipinski definition) is 3. The molecule has 0 radical (unpaired) electrons. The molecule has 9 heteroatoms. The number of anilines is 2. The van der Waals surface area contributed by atoms with E-state index < -0.39 is 0 Å². The summed E-state index contributed by atoms with van der Waals surface area (Å²) in [5.74, 6) is 0.844. The smallest absolute Gasteiger partial charge is 0.169 e. The molecule has 0 aromatic carbocycles. The molecule has 0 amide bonds. The Morgan fingerprint density at radius 1 is 1.15 bits per heavy atom. The third-order valence-corrected chi connectivity index (χ3v) is 4.07. The standard InChI is InChI=1S/C17H18N8O/c1-24-9-12(5-22-24)14-7-20-16(18)17(23-14)21-4-11-2-3-15-19-6-13(10-26)25(15)8-11/h2-3,5-9,26H,4,10H2,1H3,(H2,18,20)(H,21,23). The molecule has 0 saturated carbocycles. The average Bonchev–Trinajstić information content (AvgIpc) is 3.26. The number of pyridine rings is 1. The highest BCUT2D eigenvalue weighted by molar-refractivity contribution is 5.64. The monoisotopic (exact) mass is 350 g/mol. The van der Waals surface area contributed by atoms with Gasteiger partial charge >= 0.3 is 0 Å². The maximum Gasteiger partial charge on any atom is 0.169 e. The second-order valence-corrected chi connectivity index (χ2v) is 5.92. The van der Waals surface area contributed by atoms with Gasteiger partial charge in [0.05, 0.1) is 36.6 Å². The third-order valence-electron chi connectivity index (χ3n) is 4.07. The van der Waals surface area contributed by atoms with Crippen LogP contribution >= 0.6 is 0 Å². The van der Waals surface area contributed by atoms with Crippen molar-refractivity contribution in [1.29, 1.82) is 0 Å². The quantitative estimate of drug-likeness (QED) is 0.495. The number of aliphatic hydroxyl groups is 1. The van der Waals surface area contributed by atoms with E-state index in [1.165, 1.54) is 0 Å². The molecule has 4 heterocycles. The van der Waals surface area contributed by atoms with Crippen LogP contribution in [0, 0.1) is 0 Å². The zero-order valence-corrected chi connectivity index (χ0v) is 14.2. The Labute approximate surface area is 149 Å². The van der Waals surface area contributed by atoms with E-state index in [0.29, 0.717) is 23.9 Å². The molecule has 0 unspecified atom stereocenters. The van der Waals surface area contributed by atoms with E-state index >= 15 is 0 Å². The van der Waals surface area contributed by atoms with Gasteiger partial charge in [0.25, 0.3) is 0 Å². The summed E-state index contributed by atoms with van der Waals surface area (Å²) in [7, 11) is 1.85. The fourth-order valence-electron chi connectivity index (χ4n) is 2.70. The Kier molecular flexibility index (Phi) is 3.98. The fraction of sp³-hybridized carbons (Fsp3) is 0.176. The van der Waals surface area contributed by atoms with Crippen LogP contribution in [0.15, 0.2) is 43.1 Å². The lowest BCUT2D eigenvalue weighted by atomic mass is 10.2. The summed E-state index contributed by atoms with van der Waals surface area (Å²) in [6, 6.07) is 3.86. The van der Waals surface area contributed by atoms with Crippen LogP contribution in [0.5, 0.6) is 0 Å². The predicted octanol–water partition coefficient (Wildman–Crippen LogP) is 1.21. The molecule has 9 nitrogen and oxygen atoms in total. The van der Waals surface area contributed by atoms with Gasteiger partial charge in [-0.05, 0) is 11.6 Å². The first kappa shape index (κ1) is 16.0. The van der Waals surface area contributed by atoms with Gasteiger partial charge in [-0.25, -0.2) is 15.0 Å². The van der Waals surface area contributed by atoms with Crippen LogP contribution in [0.4, 0.5) is 11.6 Å². The van der Waals surface area contributed by atoms with E-state index in [2.05, 4.69) is 25.4 Å². The summed E-state index contributed by atoms with van der Waals surface area (Å²) >= 11 is 0. The number of aryl methyl sites for hydroxylation is 1. The van der Waals surface area contributed by atoms with E-state index in [1.54, 1.807) is 23.3 Å². The molecule has 0 aliphatic heterocycles. The SMILES string of the molecule is Cn1cc(-c2cnc(N)c(NCc3ccc4ncc(CO)n4c3)n2)cn1. The molecule has 4 N–H and O–H groups in total. The van der Waals surface area contributed by atoms with E-state index in [4.69, 9.17) is 5.73 Å². The molecule has 4 rings (SSSR count). The van der Waals surface area contributed by atoms with Gasteiger partial charge < -0.3 is 20.6 Å². The fourth-order valence-corrected chi connectivity index (χ4v) is 2.70. The average molecular weight is 350 g/mol. The van der Waals surface area contributed by atoms with Gasteiger partial charge in [0.1, 0.15) is 5.65 Å². The van der Waals surface area contributed by atoms with Crippen LogP contribution in [0.3, 0.4) is 0 Å². The van der Waals surface area contributed by atoms with Crippen molar-refractivity contribution in [3.05, 3.63) is 54.4 Å². The second-order valence-electron chi connectivity index (χ2n) is 5.92. The van der Waals surface area contributed by atoms with Gasteiger partial charge in [-0.1, -0.05) is 6.07 Å². The number of nitrogen functional groups attached to an aromatic ring is 1. The first-order chi connectivity index (χ1) is 12.6. The number of nitrogens with zero attached hydrogens (tertiary/aromatic N) is 6. The third kappa shape index (κ3) is 2.95. The normalized spacial score (nSPS) is 11.2. The maximum absolute atomic E-state index is 9.38. The Balaban J connectivity index is 1.57. The van der Waals surface area contributed by atoms with E-state index in [0.717, 1.165) is 22.5 Å². The summed E-state index contributed by atoms with van der Waals surface area (Å²) in [6.45, 7) is 0.442. The van der Waals surface area contributed by atoms with Gasteiger partial charge in [-0.3, -0.25) is 4.68 Å². The number of aliphatic hydroxyl groups excluding tert-OH is 1. The van der Waals surface area contributed by atoms with E-state index in [9.17, 15) is 5.11 Å². The van der Waals surface area contributed by atoms with Crippen molar-refractivity contribution in [2.24, 2.45) is 7.05 Å². The molecular formula is C17H18N8O. The van der Waals surface area contributed by atoms with Crippen LogP contribution < -0.4 is 11.1 Å². The topological polar surface area (TPSA) is 119 Å². The number of fused-ring (bicyclic) bond motifs is 1. The van der Waals surface area contributed by atoms with Gasteiger partial charge in [-0.15, -0.1) is 0 Å². The molecular weight excluding hydrogens is 332 g/mol. The van der Waals surface area contributed by atoms with Gasteiger partial charge in [0, 0.05) is 31.5 Å². The van der Waals surface area contributed by atoms with Crippen LogP contribution in [0.25, 0.3) is 16.9 Å². The van der Waals surface area contributed by atoms with Crippen LogP contribution in [-0.2, 0) is 20.2 Å². The van der Waals surface area contributed by atoms with Crippen molar-refractivity contribution in [1.82, 2.24) is 29.1 Å². The minimum absolute atomic E-state index is 0.0658. The summed E-state index contributed by atoms with van der Waals surface area (Å²) in [4.78, 5) is 13.0. The molecule has 132 valence electrons. The van der Waals surface area contributed by atoms with Crippen LogP contribution in [-0.4, -0.2) is 34.2 Å². The summed E-state index contributed by atoms with van der Waals surface area (Å²) in [6.07, 6.45) is 8.81. The lowest BCUT2D eigenvalue weighted by molar-refractivity contribution is 0.276. The number of imidazole rings is 1. The lowest BCUT2D eigenvalue weighted by Crippen LogP contribution is -2.07. The van der Waals surface area contributed by atoms with Crippen molar-refractivity contribution in [3.8, 4) is 11.3 Å². The highest BCUT2D eigenvalue weighted by Gasteiger charge is 2.09. The number of aromatic nitrogens is 6. The molecule has 0 atom stereocenters. The number of rotatable bonds is 5. The van der Waals surface area contributed by atoms with Gasteiger partial charge in [0.2, 0.25) is 0 Å². The first-order valence-corrected chi connectivity index (χ1v) is 8.05. The van der Waals surface area contributed by atoms with Gasteiger partial charge in [0.15, 0.2) is 11.6 Å². The van der Waals surface area contributed by atoms with E-state index in [-0.39, 0.29) is 6.61 Å². The Bertz CT molecular complexity index is 1070. The van der Waals surface area contributed by atoms with Crippen molar-refractivity contribution in [2.75, 3.05) is 11.1 Å². The highest BCUT2D eigenvalue weighted by atomic mass is 16.3. The highest BCUT2D eigenvalue weighted by Crippen LogP contribution is 2.21. The molecule has 0 bridgehead atoms. The number of nitrogens with one attached hydrogen (secondary N) is 1. The van der Waals surface area contributed by atoms with E-state index in [1.807, 2.05) is 36.0 Å². The Morgan fingerprint density at radius 3 is 2.81 bits per heavy atom. The molecule has 0 spiro atoms. The van der Waals surface area contributed by atoms with Crippen molar-refractivity contribution < 1.29 is 5.11 Å². The summed E-state index contributed by atoms with van der Waals surface area (Å²) < 4.78 is 3.57. The zero-order valence-electron chi connectivity index (χ0n) is 14.2. The lowest BCUT2D eigenvalue weighted by Gasteiger charge is -2.10. The van der Waals surface area contributed by atoms with Crippen LogP contribution in [0.1, 0.15) is 11.3 Å². The molecule has 0 aliphatic rings. The number of hydrogen-bond acceptors (Lipinski definition) is 7. The Hall–Kier alpha value is -3.46. The summed E-state index contributed by atoms with van der Waals surface area (Å²) in [5, 5.41) is 16.7. The minimum atomic E-state index is -0.0658. The van der Waals surface area contributed by atoms with Crippen LogP contribution in [0.2, 0.25) is 0 Å². The Morgan fingerprint density at radius 2 is 2.04 bits per heavy atom. The largest absolute Gasteiger partial charge is 0.390 e. The minimum Gasteiger partial charge on any atom is -0.390 e. The van der Waals surface area contributed by atoms with Crippen molar-refractivity contribution in [3.63, 3.8) is 0 Å². The number of nitrogens with two attached hydrogens (primary N) is 1. The molecule has 4 aromatic rings. The van der Waals surface area contributed by atoms with Crippen molar-refractivity contribution in [2.45, 2.75) is 13.2 Å². The molecule has 0 saturated heterocycles. The molecule has 0 fully saturated rings. The zero-order chi connectivity index (χ0) is 18.1. The molecule has 26 heavy (non-hydrogen) atoms. The summed E-state index contributed by atoms with van der Waals surface area (Å²) in [5.41, 5.74) is 10.0. The first-order valence-electron chi connectivity index (χ1n) is 8.05. The molecule has 4 aromatic heterocycles.